The van der Waals surface area contributed by atoms with Crippen molar-refractivity contribution >= 4 is 34.6 Å². The van der Waals surface area contributed by atoms with E-state index in [0.29, 0.717) is 21.6 Å². The van der Waals surface area contributed by atoms with E-state index >= 15 is 0 Å². The van der Waals surface area contributed by atoms with Gasteiger partial charge in [-0.15, -0.1) is 0 Å². The molecule has 1 aromatic rings. The number of hydrogen-bond donors (Lipinski definition) is 0. The van der Waals surface area contributed by atoms with Crippen LogP contribution < -0.4 is 9.47 Å². The molecule has 1 fully saturated rings. The molecule has 9 heteroatoms. The number of amidine groups is 1. The Bertz CT molecular complexity index is 743. The molecular weight excluding hydrogens is 310 g/mol. The average Bonchev–Trinajstić information content (AvgIpc) is 3.05. The molecule has 0 aliphatic carbocycles. The lowest BCUT2D eigenvalue weighted by atomic mass is 10.1. The molecule has 0 saturated carbocycles. The number of likely N-dealkylation sites (N-methyl/N-ethyl adjacent to an activating group) is 1. The largest absolute Gasteiger partial charge is 0.454 e. The fourth-order valence-corrected chi connectivity index (χ4v) is 3.03. The van der Waals surface area contributed by atoms with Gasteiger partial charge in [-0.25, -0.2) is 0 Å². The first-order chi connectivity index (χ1) is 10.5. The molecule has 0 aromatic heterocycles. The Balaban J connectivity index is 2.07. The van der Waals surface area contributed by atoms with Gasteiger partial charge in [0.25, 0.3) is 11.6 Å². The van der Waals surface area contributed by atoms with Crippen LogP contribution in [0.1, 0.15) is 5.56 Å². The SMILES string of the molecule is CN=C1SC(=Cc2cc3c(cc2[N+](=O)[O-])OCO3)C(=O)N1C. The summed E-state index contributed by atoms with van der Waals surface area (Å²) in [5.74, 6) is 0.496. The van der Waals surface area contributed by atoms with Crippen LogP contribution in [-0.2, 0) is 4.79 Å². The van der Waals surface area contributed by atoms with Gasteiger partial charge in [0.1, 0.15) is 0 Å². The molecule has 2 aliphatic heterocycles. The van der Waals surface area contributed by atoms with E-state index < -0.39 is 4.92 Å². The second-order valence-corrected chi connectivity index (χ2v) is 5.51. The fraction of sp³-hybridized carbons (Fsp3) is 0.231. The van der Waals surface area contributed by atoms with Crippen molar-refractivity contribution in [1.29, 1.82) is 0 Å². The first-order valence-corrected chi connectivity index (χ1v) is 7.05. The number of rotatable bonds is 2. The first-order valence-electron chi connectivity index (χ1n) is 6.23. The maximum absolute atomic E-state index is 12.1. The van der Waals surface area contributed by atoms with Crippen molar-refractivity contribution in [2.45, 2.75) is 0 Å². The normalized spacial score (nSPS) is 20.3. The van der Waals surface area contributed by atoms with Crippen LogP contribution in [0.15, 0.2) is 22.0 Å². The van der Waals surface area contributed by atoms with Crippen LogP contribution in [0.3, 0.4) is 0 Å². The summed E-state index contributed by atoms with van der Waals surface area (Å²) in [7, 11) is 3.19. The number of carbonyl (C=O) groups excluding carboxylic acids is 1. The highest BCUT2D eigenvalue weighted by atomic mass is 32.2. The zero-order valence-electron chi connectivity index (χ0n) is 11.7. The molecule has 0 atom stereocenters. The maximum Gasteiger partial charge on any atom is 0.280 e. The third-order valence-corrected chi connectivity index (χ3v) is 4.35. The zero-order valence-corrected chi connectivity index (χ0v) is 12.5. The number of aliphatic imine (C=N–C) groups is 1. The molecule has 0 bridgehead atoms. The third-order valence-electron chi connectivity index (χ3n) is 3.20. The number of thioether (sulfide) groups is 1. The summed E-state index contributed by atoms with van der Waals surface area (Å²) in [6.07, 6.45) is 1.47. The molecule has 1 saturated heterocycles. The van der Waals surface area contributed by atoms with Crippen molar-refractivity contribution in [2.75, 3.05) is 20.9 Å². The summed E-state index contributed by atoms with van der Waals surface area (Å²) < 4.78 is 10.4. The molecule has 0 spiro atoms. The van der Waals surface area contributed by atoms with E-state index in [0.717, 1.165) is 0 Å². The van der Waals surface area contributed by atoms with Crippen LogP contribution in [-0.4, -0.2) is 41.8 Å². The maximum atomic E-state index is 12.1. The highest BCUT2D eigenvalue weighted by Crippen LogP contribution is 2.40. The van der Waals surface area contributed by atoms with Gasteiger partial charge in [0, 0.05) is 14.1 Å². The van der Waals surface area contributed by atoms with Crippen molar-refractivity contribution in [1.82, 2.24) is 4.90 Å². The van der Waals surface area contributed by atoms with Gasteiger partial charge in [-0.2, -0.15) is 0 Å². The summed E-state index contributed by atoms with van der Waals surface area (Å²) in [4.78, 5) is 28.6. The molecule has 2 heterocycles. The number of nitro groups is 1. The van der Waals surface area contributed by atoms with E-state index in [1.54, 1.807) is 14.1 Å². The third kappa shape index (κ3) is 2.29. The molecule has 0 unspecified atom stereocenters. The van der Waals surface area contributed by atoms with E-state index in [2.05, 4.69) is 4.99 Å². The van der Waals surface area contributed by atoms with Gasteiger partial charge in [-0.05, 0) is 23.9 Å². The number of fused-ring (bicyclic) bond motifs is 1. The van der Waals surface area contributed by atoms with Gasteiger partial charge < -0.3 is 9.47 Å². The molecule has 1 amide bonds. The van der Waals surface area contributed by atoms with E-state index in [1.807, 2.05) is 0 Å². The minimum absolute atomic E-state index is 0.0234. The topological polar surface area (TPSA) is 94.3 Å². The summed E-state index contributed by atoms with van der Waals surface area (Å²) in [5, 5.41) is 11.8. The van der Waals surface area contributed by atoms with Crippen molar-refractivity contribution in [3.05, 3.63) is 32.7 Å². The Morgan fingerprint density at radius 1 is 1.41 bits per heavy atom. The number of amides is 1. The number of nitrogens with zero attached hydrogens (tertiary/aromatic N) is 3. The zero-order chi connectivity index (χ0) is 15.9. The van der Waals surface area contributed by atoms with Crippen molar-refractivity contribution < 1.29 is 19.2 Å². The van der Waals surface area contributed by atoms with Crippen molar-refractivity contribution in [3.8, 4) is 11.5 Å². The Morgan fingerprint density at radius 3 is 2.68 bits per heavy atom. The molecule has 22 heavy (non-hydrogen) atoms. The van der Waals surface area contributed by atoms with Gasteiger partial charge >= 0.3 is 0 Å². The Labute approximate surface area is 129 Å². The molecule has 8 nitrogen and oxygen atoms in total. The highest BCUT2D eigenvalue weighted by Gasteiger charge is 2.31. The van der Waals surface area contributed by atoms with E-state index in [4.69, 9.17) is 9.47 Å². The smallest absolute Gasteiger partial charge is 0.280 e. The molecule has 0 N–H and O–H groups in total. The van der Waals surface area contributed by atoms with Crippen LogP contribution in [0.5, 0.6) is 11.5 Å². The summed E-state index contributed by atoms with van der Waals surface area (Å²) in [6, 6.07) is 2.81. The van der Waals surface area contributed by atoms with Gasteiger partial charge in [-0.1, -0.05) is 0 Å². The van der Waals surface area contributed by atoms with Crippen LogP contribution >= 0.6 is 11.8 Å². The number of hydrogen-bond acceptors (Lipinski definition) is 7. The van der Waals surface area contributed by atoms with E-state index in [1.165, 1.54) is 34.9 Å². The Morgan fingerprint density at radius 2 is 2.09 bits per heavy atom. The summed E-state index contributed by atoms with van der Waals surface area (Å²) in [6.45, 7) is 0.0234. The monoisotopic (exact) mass is 321 g/mol. The van der Waals surface area contributed by atoms with E-state index in [9.17, 15) is 14.9 Å². The predicted molar refractivity (Wildman–Crippen MR) is 80.9 cm³/mol. The Hall–Kier alpha value is -2.55. The lowest BCUT2D eigenvalue weighted by molar-refractivity contribution is -0.385. The second-order valence-electron chi connectivity index (χ2n) is 4.50. The fourth-order valence-electron chi connectivity index (χ4n) is 2.11. The predicted octanol–water partition coefficient (Wildman–Crippen LogP) is 1.86. The number of carbonyl (C=O) groups is 1. The van der Waals surface area contributed by atoms with Crippen LogP contribution in [0.4, 0.5) is 5.69 Å². The quantitative estimate of drug-likeness (QED) is 0.469. The highest BCUT2D eigenvalue weighted by molar-refractivity contribution is 8.18. The molecular formula is C13H11N3O5S. The molecule has 0 radical (unpaired) electrons. The van der Waals surface area contributed by atoms with Gasteiger partial charge in [0.2, 0.25) is 6.79 Å². The minimum Gasteiger partial charge on any atom is -0.454 e. The van der Waals surface area contributed by atoms with Crippen molar-refractivity contribution in [3.63, 3.8) is 0 Å². The first kappa shape index (κ1) is 14.4. The van der Waals surface area contributed by atoms with Crippen molar-refractivity contribution in [2.24, 2.45) is 4.99 Å². The van der Waals surface area contributed by atoms with Crippen LogP contribution in [0.25, 0.3) is 6.08 Å². The molecule has 3 rings (SSSR count). The average molecular weight is 321 g/mol. The van der Waals surface area contributed by atoms with Crippen LogP contribution in [0.2, 0.25) is 0 Å². The minimum atomic E-state index is -0.517. The number of ether oxygens (including phenoxy) is 2. The number of benzene rings is 1. The second kappa shape index (κ2) is 5.34. The Kier molecular flexibility index (Phi) is 3.49. The van der Waals surface area contributed by atoms with Gasteiger partial charge in [-0.3, -0.25) is 24.8 Å². The number of nitro benzene ring substituents is 1. The van der Waals surface area contributed by atoms with Crippen LogP contribution in [0, 0.1) is 10.1 Å². The molecule has 2 aliphatic rings. The lowest BCUT2D eigenvalue weighted by Gasteiger charge is -2.05. The van der Waals surface area contributed by atoms with Gasteiger partial charge in [0.15, 0.2) is 16.7 Å². The molecule has 1 aromatic carbocycles. The standard InChI is InChI=1S/C13H11N3O5S/c1-14-13-15(2)12(17)11(22-13)4-7-3-9-10(21-6-20-9)5-8(7)16(18)19/h3-5H,6H2,1-2H3. The summed E-state index contributed by atoms with van der Waals surface area (Å²) in [5.41, 5.74) is 0.144. The lowest BCUT2D eigenvalue weighted by Crippen LogP contribution is -2.23. The van der Waals surface area contributed by atoms with E-state index in [-0.39, 0.29) is 24.0 Å². The summed E-state index contributed by atoms with van der Waals surface area (Å²) >= 11 is 1.17. The molecule has 114 valence electrons. The van der Waals surface area contributed by atoms with Gasteiger partial charge in [0.05, 0.1) is 21.5 Å².